The second-order valence-corrected chi connectivity index (χ2v) is 7.69. The first-order chi connectivity index (χ1) is 13.9. The van der Waals surface area contributed by atoms with Crippen molar-refractivity contribution >= 4 is 23.5 Å². The Morgan fingerprint density at radius 1 is 0.966 bits per heavy atom. The number of carbonyl (C=O) groups is 3. The average Bonchev–Trinajstić information content (AvgIpc) is 2.72. The first-order valence-electron chi connectivity index (χ1n) is 9.84. The van der Waals surface area contributed by atoms with Crippen LogP contribution in [0.3, 0.4) is 0 Å². The molecule has 0 aliphatic carbocycles. The Hall–Kier alpha value is -3.15. The van der Waals surface area contributed by atoms with Gasteiger partial charge in [0.2, 0.25) is 0 Å². The van der Waals surface area contributed by atoms with Gasteiger partial charge in [-0.3, -0.25) is 9.59 Å². The fraction of sp³-hybridized carbons (Fsp3) is 0.348. The van der Waals surface area contributed by atoms with E-state index in [9.17, 15) is 14.4 Å². The maximum absolute atomic E-state index is 12.6. The summed E-state index contributed by atoms with van der Waals surface area (Å²) in [6.45, 7) is 5.30. The molecule has 152 valence electrons. The third-order valence-electron chi connectivity index (χ3n) is 4.98. The van der Waals surface area contributed by atoms with E-state index in [1.165, 1.54) is 0 Å². The van der Waals surface area contributed by atoms with Crippen molar-refractivity contribution in [1.82, 2.24) is 4.90 Å². The Balaban J connectivity index is 1.62. The molecule has 3 rings (SSSR count). The Labute approximate surface area is 170 Å². The van der Waals surface area contributed by atoms with Crippen molar-refractivity contribution in [3.8, 4) is 0 Å². The molecule has 2 aromatic carbocycles. The minimum absolute atomic E-state index is 0.192. The Morgan fingerprint density at radius 3 is 2.28 bits per heavy atom. The zero-order chi connectivity index (χ0) is 20.8. The number of carbonyl (C=O) groups excluding carboxylic acids is 3. The number of likely N-dealkylation sites (tertiary alicyclic amines) is 1. The third kappa shape index (κ3) is 5.44. The highest BCUT2D eigenvalue weighted by molar-refractivity contribution is 6.08. The minimum atomic E-state index is -0.639. The van der Waals surface area contributed by atoms with E-state index < -0.39 is 5.97 Å². The number of rotatable bonds is 5. The van der Waals surface area contributed by atoms with Gasteiger partial charge in [0, 0.05) is 18.7 Å². The van der Waals surface area contributed by atoms with E-state index >= 15 is 0 Å². The van der Waals surface area contributed by atoms with Crippen LogP contribution in [0.5, 0.6) is 0 Å². The molecular formula is C23H26N2O4. The van der Waals surface area contributed by atoms with Crippen LogP contribution in [0.15, 0.2) is 54.6 Å². The van der Waals surface area contributed by atoms with Crippen LogP contribution in [0.1, 0.15) is 41.0 Å². The highest BCUT2D eigenvalue weighted by atomic mass is 16.5. The van der Waals surface area contributed by atoms with Gasteiger partial charge < -0.3 is 15.0 Å². The molecule has 0 aromatic heterocycles. The molecule has 0 unspecified atom stereocenters. The van der Waals surface area contributed by atoms with Gasteiger partial charge in [-0.05, 0) is 42.5 Å². The zero-order valence-electron chi connectivity index (χ0n) is 16.8. The van der Waals surface area contributed by atoms with E-state index in [0.29, 0.717) is 36.2 Å². The van der Waals surface area contributed by atoms with Crippen molar-refractivity contribution in [2.24, 2.45) is 11.8 Å². The van der Waals surface area contributed by atoms with E-state index in [1.54, 1.807) is 53.4 Å². The average molecular weight is 394 g/mol. The molecule has 1 N–H and O–H groups in total. The molecule has 0 saturated carbocycles. The van der Waals surface area contributed by atoms with Crippen molar-refractivity contribution in [1.29, 1.82) is 0 Å². The number of para-hydroxylation sites is 1. The van der Waals surface area contributed by atoms with Gasteiger partial charge in [0.05, 0.1) is 11.3 Å². The molecule has 2 aromatic rings. The summed E-state index contributed by atoms with van der Waals surface area (Å²) in [5, 5.41) is 2.74. The molecule has 29 heavy (non-hydrogen) atoms. The molecule has 1 heterocycles. The van der Waals surface area contributed by atoms with E-state index in [4.69, 9.17) is 4.74 Å². The van der Waals surface area contributed by atoms with Crippen molar-refractivity contribution in [2.45, 2.75) is 20.3 Å². The molecule has 1 saturated heterocycles. The predicted octanol–water partition coefficient (Wildman–Crippen LogP) is 3.60. The van der Waals surface area contributed by atoms with E-state index in [0.717, 1.165) is 6.42 Å². The van der Waals surface area contributed by atoms with Crippen molar-refractivity contribution in [3.63, 3.8) is 0 Å². The standard InChI is InChI=1S/C23H26N2O4/c1-16-12-17(2)14-25(13-16)21(26)15-29-23(28)19-10-6-7-11-20(19)24-22(27)18-8-4-3-5-9-18/h3-11,16-17H,12-15H2,1-2H3,(H,24,27)/t16-,17-/m1/s1. The third-order valence-corrected chi connectivity index (χ3v) is 4.98. The Kier molecular flexibility index (Phi) is 6.65. The van der Waals surface area contributed by atoms with Crippen LogP contribution >= 0.6 is 0 Å². The largest absolute Gasteiger partial charge is 0.452 e. The summed E-state index contributed by atoms with van der Waals surface area (Å²) < 4.78 is 5.26. The Morgan fingerprint density at radius 2 is 1.59 bits per heavy atom. The lowest BCUT2D eigenvalue weighted by molar-refractivity contribution is -0.137. The molecule has 6 heteroatoms. The van der Waals surface area contributed by atoms with Crippen molar-refractivity contribution in [3.05, 3.63) is 65.7 Å². The van der Waals surface area contributed by atoms with Gasteiger partial charge in [-0.1, -0.05) is 44.2 Å². The van der Waals surface area contributed by atoms with Crippen LogP contribution < -0.4 is 5.32 Å². The van der Waals surface area contributed by atoms with Crippen molar-refractivity contribution in [2.75, 3.05) is 25.0 Å². The number of amides is 2. The first-order valence-corrected chi connectivity index (χ1v) is 9.84. The number of esters is 1. The highest BCUT2D eigenvalue weighted by Gasteiger charge is 2.26. The zero-order valence-corrected chi connectivity index (χ0v) is 16.8. The lowest BCUT2D eigenvalue weighted by Gasteiger charge is -2.34. The SMILES string of the molecule is C[C@@H]1C[C@@H](C)CN(C(=O)COC(=O)c2ccccc2NC(=O)c2ccccc2)C1. The number of nitrogens with one attached hydrogen (secondary N) is 1. The van der Waals surface area contributed by atoms with Crippen LogP contribution in [-0.4, -0.2) is 42.4 Å². The summed E-state index contributed by atoms with van der Waals surface area (Å²) in [6.07, 6.45) is 1.10. The number of piperidine rings is 1. The summed E-state index contributed by atoms with van der Waals surface area (Å²) >= 11 is 0. The van der Waals surface area contributed by atoms with E-state index in [1.807, 2.05) is 6.07 Å². The summed E-state index contributed by atoms with van der Waals surface area (Å²) in [6, 6.07) is 15.3. The van der Waals surface area contributed by atoms with Gasteiger partial charge in [0.1, 0.15) is 0 Å². The number of nitrogens with zero attached hydrogens (tertiary/aromatic N) is 1. The lowest BCUT2D eigenvalue weighted by Crippen LogP contribution is -2.44. The van der Waals surface area contributed by atoms with Gasteiger partial charge in [-0.25, -0.2) is 4.79 Å². The maximum atomic E-state index is 12.6. The van der Waals surface area contributed by atoms with Gasteiger partial charge in [-0.2, -0.15) is 0 Å². The molecule has 2 atom stereocenters. The fourth-order valence-corrected chi connectivity index (χ4v) is 3.72. The van der Waals surface area contributed by atoms with Gasteiger partial charge in [-0.15, -0.1) is 0 Å². The molecule has 0 radical (unpaired) electrons. The second-order valence-electron chi connectivity index (χ2n) is 7.69. The normalized spacial score (nSPS) is 18.8. The molecule has 1 fully saturated rings. The molecule has 6 nitrogen and oxygen atoms in total. The van der Waals surface area contributed by atoms with Crippen molar-refractivity contribution < 1.29 is 19.1 Å². The van der Waals surface area contributed by atoms with Crippen LogP contribution in [0.25, 0.3) is 0 Å². The summed E-state index contributed by atoms with van der Waals surface area (Å²) in [5.41, 5.74) is 1.04. The number of ether oxygens (including phenoxy) is 1. The van der Waals surface area contributed by atoms with Crippen LogP contribution in [0.2, 0.25) is 0 Å². The van der Waals surface area contributed by atoms with E-state index in [-0.39, 0.29) is 24.0 Å². The monoisotopic (exact) mass is 394 g/mol. The van der Waals surface area contributed by atoms with E-state index in [2.05, 4.69) is 19.2 Å². The molecule has 2 amide bonds. The lowest BCUT2D eigenvalue weighted by atomic mass is 9.92. The first kappa shape index (κ1) is 20.6. The summed E-state index contributed by atoms with van der Waals surface area (Å²) in [7, 11) is 0. The summed E-state index contributed by atoms with van der Waals surface area (Å²) in [5.74, 6) is -0.277. The Bertz CT molecular complexity index is 871. The van der Waals surface area contributed by atoms with Gasteiger partial charge in [0.15, 0.2) is 6.61 Å². The smallest absolute Gasteiger partial charge is 0.340 e. The second kappa shape index (κ2) is 9.37. The molecular weight excluding hydrogens is 368 g/mol. The highest BCUT2D eigenvalue weighted by Crippen LogP contribution is 2.21. The van der Waals surface area contributed by atoms with Crippen LogP contribution in [-0.2, 0) is 9.53 Å². The number of hydrogen-bond acceptors (Lipinski definition) is 4. The molecule has 0 spiro atoms. The number of hydrogen-bond donors (Lipinski definition) is 1. The summed E-state index contributed by atoms with van der Waals surface area (Å²) in [4.78, 5) is 39.2. The molecule has 0 bridgehead atoms. The molecule has 1 aliphatic rings. The number of benzene rings is 2. The minimum Gasteiger partial charge on any atom is -0.452 e. The maximum Gasteiger partial charge on any atom is 0.340 e. The number of anilines is 1. The molecule has 1 aliphatic heterocycles. The topological polar surface area (TPSA) is 75.7 Å². The quantitative estimate of drug-likeness (QED) is 0.786. The predicted molar refractivity (Wildman–Crippen MR) is 111 cm³/mol. The fourth-order valence-electron chi connectivity index (χ4n) is 3.72. The van der Waals surface area contributed by atoms with Gasteiger partial charge >= 0.3 is 5.97 Å². The van der Waals surface area contributed by atoms with Gasteiger partial charge in [0.25, 0.3) is 11.8 Å². The van der Waals surface area contributed by atoms with Crippen LogP contribution in [0, 0.1) is 11.8 Å². The van der Waals surface area contributed by atoms with Crippen LogP contribution in [0.4, 0.5) is 5.69 Å².